The van der Waals surface area contributed by atoms with E-state index in [2.05, 4.69) is 42.3 Å². The molecule has 0 aliphatic carbocycles. The van der Waals surface area contributed by atoms with Crippen molar-refractivity contribution in [2.45, 2.75) is 44.7 Å². The molecule has 3 rings (SSSR count). The number of carbonyl (C=O) groups excluding carboxylic acids is 1. The minimum absolute atomic E-state index is 0.00296. The molecule has 166 valence electrons. The predicted octanol–water partition coefficient (Wildman–Crippen LogP) is 0.553. The largest absolute Gasteiger partial charge is 0.355 e. The summed E-state index contributed by atoms with van der Waals surface area (Å²) in [6, 6.07) is 2.69. The Hall–Kier alpha value is -2.42. The summed E-state index contributed by atoms with van der Waals surface area (Å²) in [4.78, 5) is 31.6. The first kappa shape index (κ1) is 22.3. The van der Waals surface area contributed by atoms with E-state index in [4.69, 9.17) is 0 Å². The van der Waals surface area contributed by atoms with Crippen LogP contribution in [0.2, 0.25) is 0 Å². The molecule has 1 amide bonds. The lowest BCUT2D eigenvalue weighted by molar-refractivity contribution is -0.127. The Kier molecular flexibility index (Phi) is 8.24. The van der Waals surface area contributed by atoms with E-state index in [-0.39, 0.29) is 12.5 Å². The monoisotopic (exact) mass is 416 g/mol. The van der Waals surface area contributed by atoms with Crippen LogP contribution in [0.25, 0.3) is 0 Å². The standard InChI is InChI=1S/C21H36N8O/c1-4-28-12-5-7-18(28)15-24-20(25-16-19(30)27(2)3)26-17-8-13-29(14-9-17)21-22-10-6-11-23-21/h6,10-11,17-18H,4-5,7-9,12-16H2,1-3H3,(H2,24,25,26). The molecule has 1 aromatic heterocycles. The third kappa shape index (κ3) is 6.29. The second kappa shape index (κ2) is 11.1. The lowest BCUT2D eigenvalue weighted by atomic mass is 10.1. The molecule has 2 N–H and O–H groups in total. The highest BCUT2D eigenvalue weighted by molar-refractivity contribution is 5.85. The van der Waals surface area contributed by atoms with Crippen molar-refractivity contribution in [3.8, 4) is 0 Å². The van der Waals surface area contributed by atoms with Gasteiger partial charge in [0.05, 0.1) is 0 Å². The number of aliphatic imine (C=N–C) groups is 1. The fourth-order valence-electron chi connectivity index (χ4n) is 4.07. The van der Waals surface area contributed by atoms with Gasteiger partial charge >= 0.3 is 0 Å². The Morgan fingerprint density at radius 3 is 2.60 bits per heavy atom. The minimum atomic E-state index is 0.00296. The summed E-state index contributed by atoms with van der Waals surface area (Å²) in [6.45, 7) is 7.27. The van der Waals surface area contributed by atoms with Crippen molar-refractivity contribution < 1.29 is 4.79 Å². The molecule has 0 spiro atoms. The highest BCUT2D eigenvalue weighted by atomic mass is 16.2. The van der Waals surface area contributed by atoms with Crippen molar-refractivity contribution in [2.75, 3.05) is 58.3 Å². The Labute approximate surface area is 179 Å². The van der Waals surface area contributed by atoms with Crippen LogP contribution in [-0.4, -0.2) is 97.1 Å². The number of nitrogens with one attached hydrogen (secondary N) is 2. The van der Waals surface area contributed by atoms with E-state index in [0.717, 1.165) is 50.9 Å². The molecule has 2 saturated heterocycles. The SMILES string of the molecule is CCN1CCCC1CNC(=NCC(=O)N(C)C)NC1CCN(c2ncccn2)CC1. The average Bonchev–Trinajstić information content (AvgIpc) is 3.24. The van der Waals surface area contributed by atoms with Crippen LogP contribution in [0.15, 0.2) is 23.5 Å². The van der Waals surface area contributed by atoms with Gasteiger partial charge in [0.15, 0.2) is 5.96 Å². The maximum Gasteiger partial charge on any atom is 0.243 e. The number of hydrogen-bond donors (Lipinski definition) is 2. The first-order valence-corrected chi connectivity index (χ1v) is 11.1. The maximum absolute atomic E-state index is 12.0. The second-order valence-corrected chi connectivity index (χ2v) is 8.21. The van der Waals surface area contributed by atoms with Gasteiger partial charge in [-0.05, 0) is 44.8 Å². The number of likely N-dealkylation sites (tertiary alicyclic amines) is 1. The molecule has 0 saturated carbocycles. The molecule has 1 atom stereocenters. The van der Waals surface area contributed by atoms with Crippen LogP contribution in [0, 0.1) is 0 Å². The van der Waals surface area contributed by atoms with Crippen LogP contribution in [0.3, 0.4) is 0 Å². The summed E-state index contributed by atoms with van der Waals surface area (Å²) in [6.07, 6.45) is 7.98. The van der Waals surface area contributed by atoms with Gasteiger partial charge < -0.3 is 20.4 Å². The second-order valence-electron chi connectivity index (χ2n) is 8.21. The molecule has 0 bridgehead atoms. The molecule has 1 unspecified atom stereocenters. The topological polar surface area (TPSA) is 89.0 Å². The van der Waals surface area contributed by atoms with Gasteiger partial charge in [-0.2, -0.15) is 0 Å². The first-order valence-electron chi connectivity index (χ1n) is 11.1. The van der Waals surface area contributed by atoms with Gasteiger partial charge in [0, 0.05) is 58.2 Å². The van der Waals surface area contributed by atoms with Gasteiger partial charge in [-0.15, -0.1) is 0 Å². The van der Waals surface area contributed by atoms with E-state index in [1.807, 2.05) is 6.07 Å². The van der Waals surface area contributed by atoms with Crippen LogP contribution in [-0.2, 0) is 4.79 Å². The van der Waals surface area contributed by atoms with Crippen molar-refractivity contribution in [1.82, 2.24) is 30.4 Å². The van der Waals surface area contributed by atoms with Crippen molar-refractivity contribution in [3.05, 3.63) is 18.5 Å². The Morgan fingerprint density at radius 2 is 1.93 bits per heavy atom. The number of nitrogens with zero attached hydrogens (tertiary/aromatic N) is 6. The summed E-state index contributed by atoms with van der Waals surface area (Å²) < 4.78 is 0. The first-order chi connectivity index (χ1) is 14.6. The van der Waals surface area contributed by atoms with Gasteiger partial charge in [0.25, 0.3) is 0 Å². The number of carbonyl (C=O) groups is 1. The third-order valence-electron chi connectivity index (χ3n) is 5.95. The van der Waals surface area contributed by atoms with Crippen molar-refractivity contribution in [1.29, 1.82) is 0 Å². The zero-order valence-electron chi connectivity index (χ0n) is 18.5. The summed E-state index contributed by atoms with van der Waals surface area (Å²) in [5.74, 6) is 1.53. The lowest BCUT2D eigenvalue weighted by Crippen LogP contribution is -2.51. The number of anilines is 1. The van der Waals surface area contributed by atoms with E-state index in [1.54, 1.807) is 31.4 Å². The molecule has 2 fully saturated rings. The zero-order chi connectivity index (χ0) is 21.3. The highest BCUT2D eigenvalue weighted by Crippen LogP contribution is 2.16. The van der Waals surface area contributed by atoms with E-state index in [9.17, 15) is 4.79 Å². The molecular formula is C21H36N8O. The quantitative estimate of drug-likeness (QED) is 0.496. The molecule has 1 aromatic rings. The zero-order valence-corrected chi connectivity index (χ0v) is 18.5. The fraction of sp³-hybridized carbons (Fsp3) is 0.714. The van der Waals surface area contributed by atoms with Crippen LogP contribution in [0.5, 0.6) is 0 Å². The Bertz CT molecular complexity index is 688. The Morgan fingerprint density at radius 1 is 1.20 bits per heavy atom. The number of likely N-dealkylation sites (N-methyl/N-ethyl adjacent to an activating group) is 2. The number of piperidine rings is 1. The minimum Gasteiger partial charge on any atom is -0.355 e. The van der Waals surface area contributed by atoms with Crippen molar-refractivity contribution >= 4 is 17.8 Å². The number of aromatic nitrogens is 2. The van der Waals surface area contributed by atoms with Gasteiger partial charge in [-0.1, -0.05) is 6.92 Å². The molecule has 9 heteroatoms. The van der Waals surface area contributed by atoms with E-state index in [0.29, 0.717) is 12.1 Å². The lowest BCUT2D eigenvalue weighted by Gasteiger charge is -2.33. The van der Waals surface area contributed by atoms with Gasteiger partial charge in [-0.3, -0.25) is 9.69 Å². The van der Waals surface area contributed by atoms with Gasteiger partial charge in [0.2, 0.25) is 11.9 Å². The van der Waals surface area contributed by atoms with Crippen molar-refractivity contribution in [3.63, 3.8) is 0 Å². The number of rotatable bonds is 7. The summed E-state index contributed by atoms with van der Waals surface area (Å²) in [7, 11) is 3.52. The highest BCUT2D eigenvalue weighted by Gasteiger charge is 2.25. The van der Waals surface area contributed by atoms with E-state index < -0.39 is 0 Å². The van der Waals surface area contributed by atoms with Crippen molar-refractivity contribution in [2.24, 2.45) is 4.99 Å². The van der Waals surface area contributed by atoms with Gasteiger partial charge in [-0.25, -0.2) is 15.0 Å². The molecule has 2 aliphatic heterocycles. The molecule has 3 heterocycles. The van der Waals surface area contributed by atoms with E-state index >= 15 is 0 Å². The van der Waals surface area contributed by atoms with Crippen LogP contribution >= 0.6 is 0 Å². The molecule has 9 nitrogen and oxygen atoms in total. The predicted molar refractivity (Wildman–Crippen MR) is 120 cm³/mol. The third-order valence-corrected chi connectivity index (χ3v) is 5.95. The van der Waals surface area contributed by atoms with Gasteiger partial charge in [0.1, 0.15) is 6.54 Å². The smallest absolute Gasteiger partial charge is 0.243 e. The van der Waals surface area contributed by atoms with Crippen LogP contribution in [0.4, 0.5) is 5.95 Å². The molecule has 0 radical (unpaired) electrons. The maximum atomic E-state index is 12.0. The summed E-state index contributed by atoms with van der Waals surface area (Å²) in [5.41, 5.74) is 0. The number of guanidine groups is 1. The average molecular weight is 417 g/mol. The van der Waals surface area contributed by atoms with Crippen LogP contribution in [0.1, 0.15) is 32.6 Å². The normalized spacial score (nSPS) is 21.0. The number of hydrogen-bond acceptors (Lipinski definition) is 6. The van der Waals surface area contributed by atoms with E-state index in [1.165, 1.54) is 19.4 Å². The summed E-state index contributed by atoms with van der Waals surface area (Å²) >= 11 is 0. The summed E-state index contributed by atoms with van der Waals surface area (Å²) in [5, 5.41) is 7.06. The number of amides is 1. The molecule has 30 heavy (non-hydrogen) atoms. The molecule has 2 aliphatic rings. The van der Waals surface area contributed by atoms with Crippen LogP contribution < -0.4 is 15.5 Å². The Balaban J connectivity index is 1.55. The molecule has 0 aromatic carbocycles. The molecular weight excluding hydrogens is 380 g/mol. The fourth-order valence-corrected chi connectivity index (χ4v) is 4.07.